The van der Waals surface area contributed by atoms with Crippen LogP contribution in [-0.4, -0.2) is 29.8 Å². The SMILES string of the molecule is CC(C)c1ccccc1NC(=O)C1CN(C(=O)c2cccs2)C1. The van der Waals surface area contributed by atoms with E-state index in [0.717, 1.165) is 16.1 Å². The highest BCUT2D eigenvalue weighted by atomic mass is 32.1. The first kappa shape index (κ1) is 15.7. The van der Waals surface area contributed by atoms with Gasteiger partial charge in [-0.05, 0) is 29.0 Å². The molecule has 1 aliphatic rings. The maximum absolute atomic E-state index is 12.4. The summed E-state index contributed by atoms with van der Waals surface area (Å²) in [5, 5.41) is 4.90. The molecule has 0 atom stereocenters. The van der Waals surface area contributed by atoms with Crippen molar-refractivity contribution in [3.63, 3.8) is 0 Å². The zero-order valence-corrected chi connectivity index (χ0v) is 14.1. The molecule has 1 saturated heterocycles. The Kier molecular flexibility index (Phi) is 4.48. The van der Waals surface area contributed by atoms with Crippen molar-refractivity contribution >= 4 is 28.8 Å². The summed E-state index contributed by atoms with van der Waals surface area (Å²) in [6.07, 6.45) is 0. The largest absolute Gasteiger partial charge is 0.336 e. The van der Waals surface area contributed by atoms with Crippen molar-refractivity contribution in [1.82, 2.24) is 4.90 Å². The minimum Gasteiger partial charge on any atom is -0.336 e. The fourth-order valence-electron chi connectivity index (χ4n) is 2.72. The van der Waals surface area contributed by atoms with Crippen LogP contribution in [0.2, 0.25) is 0 Å². The summed E-state index contributed by atoms with van der Waals surface area (Å²) in [5.74, 6) is 0.240. The number of amides is 2. The Labute approximate surface area is 140 Å². The lowest BCUT2D eigenvalue weighted by molar-refractivity contribution is -0.123. The van der Waals surface area contributed by atoms with E-state index in [1.165, 1.54) is 11.3 Å². The van der Waals surface area contributed by atoms with E-state index in [4.69, 9.17) is 0 Å². The van der Waals surface area contributed by atoms with E-state index in [0.29, 0.717) is 19.0 Å². The monoisotopic (exact) mass is 328 g/mol. The van der Waals surface area contributed by atoms with E-state index in [9.17, 15) is 9.59 Å². The molecule has 1 aliphatic heterocycles. The Bertz CT molecular complexity index is 704. The summed E-state index contributed by atoms with van der Waals surface area (Å²) in [4.78, 5) is 27.0. The molecule has 2 amide bonds. The summed E-state index contributed by atoms with van der Waals surface area (Å²) in [6, 6.07) is 11.6. The molecule has 1 fully saturated rings. The molecule has 3 rings (SSSR count). The lowest BCUT2D eigenvalue weighted by Gasteiger charge is -2.38. The van der Waals surface area contributed by atoms with Crippen LogP contribution in [-0.2, 0) is 4.79 Å². The summed E-state index contributed by atoms with van der Waals surface area (Å²) < 4.78 is 0. The molecule has 23 heavy (non-hydrogen) atoms. The number of rotatable bonds is 4. The third-order valence-electron chi connectivity index (χ3n) is 4.11. The number of benzene rings is 1. The number of anilines is 1. The second-order valence-corrected chi connectivity index (χ2v) is 7.06. The Morgan fingerprint density at radius 1 is 1.17 bits per heavy atom. The quantitative estimate of drug-likeness (QED) is 0.932. The molecule has 0 spiro atoms. The first-order valence-electron chi connectivity index (χ1n) is 7.79. The molecule has 0 radical (unpaired) electrons. The van der Waals surface area contributed by atoms with Crippen LogP contribution in [0.25, 0.3) is 0 Å². The third-order valence-corrected chi connectivity index (χ3v) is 4.97. The standard InChI is InChI=1S/C18H20N2O2S/c1-12(2)14-6-3-4-7-15(14)19-17(21)13-10-20(11-13)18(22)16-8-5-9-23-16/h3-9,12-13H,10-11H2,1-2H3,(H,19,21). The van der Waals surface area contributed by atoms with Crippen LogP contribution in [0.4, 0.5) is 5.69 Å². The van der Waals surface area contributed by atoms with E-state index in [1.54, 1.807) is 4.90 Å². The van der Waals surface area contributed by atoms with Crippen molar-refractivity contribution in [3.05, 3.63) is 52.2 Å². The van der Waals surface area contributed by atoms with Gasteiger partial charge < -0.3 is 10.2 Å². The molecule has 120 valence electrons. The van der Waals surface area contributed by atoms with Crippen molar-refractivity contribution in [2.45, 2.75) is 19.8 Å². The van der Waals surface area contributed by atoms with Crippen molar-refractivity contribution in [1.29, 1.82) is 0 Å². The molecule has 4 nitrogen and oxygen atoms in total. The van der Waals surface area contributed by atoms with Crippen LogP contribution < -0.4 is 5.32 Å². The fourth-order valence-corrected chi connectivity index (χ4v) is 3.41. The smallest absolute Gasteiger partial charge is 0.263 e. The van der Waals surface area contributed by atoms with Gasteiger partial charge in [-0.25, -0.2) is 0 Å². The van der Waals surface area contributed by atoms with Gasteiger partial charge in [-0.2, -0.15) is 0 Å². The van der Waals surface area contributed by atoms with Crippen LogP contribution in [0.3, 0.4) is 0 Å². The van der Waals surface area contributed by atoms with Crippen LogP contribution in [0.1, 0.15) is 35.0 Å². The number of nitrogens with zero attached hydrogens (tertiary/aromatic N) is 1. The van der Waals surface area contributed by atoms with Crippen molar-refractivity contribution in [2.75, 3.05) is 18.4 Å². The third kappa shape index (κ3) is 3.29. The number of carbonyl (C=O) groups excluding carboxylic acids is 2. The molecule has 5 heteroatoms. The highest BCUT2D eigenvalue weighted by Crippen LogP contribution is 2.26. The highest BCUT2D eigenvalue weighted by molar-refractivity contribution is 7.12. The van der Waals surface area contributed by atoms with Gasteiger partial charge in [0.2, 0.25) is 5.91 Å². The minimum absolute atomic E-state index is 0.00618. The van der Waals surface area contributed by atoms with Crippen molar-refractivity contribution in [2.24, 2.45) is 5.92 Å². The van der Waals surface area contributed by atoms with Gasteiger partial charge in [0.15, 0.2) is 0 Å². The van der Waals surface area contributed by atoms with Gasteiger partial charge in [0.05, 0.1) is 10.8 Å². The Hall–Kier alpha value is -2.14. The number of carbonyl (C=O) groups is 2. The second kappa shape index (κ2) is 6.54. The maximum Gasteiger partial charge on any atom is 0.263 e. The van der Waals surface area contributed by atoms with Crippen LogP contribution in [0.5, 0.6) is 0 Å². The lowest BCUT2D eigenvalue weighted by atomic mass is 9.97. The van der Waals surface area contributed by atoms with Gasteiger partial charge in [-0.15, -0.1) is 11.3 Å². The van der Waals surface area contributed by atoms with E-state index in [-0.39, 0.29) is 17.7 Å². The summed E-state index contributed by atoms with van der Waals surface area (Å²) in [6.45, 7) is 5.20. The Morgan fingerprint density at radius 3 is 2.57 bits per heavy atom. The average Bonchev–Trinajstić information content (AvgIpc) is 3.00. The zero-order chi connectivity index (χ0) is 16.4. The van der Waals surface area contributed by atoms with Gasteiger partial charge in [-0.1, -0.05) is 38.1 Å². The maximum atomic E-state index is 12.4. The molecular weight excluding hydrogens is 308 g/mol. The lowest BCUT2D eigenvalue weighted by Crippen LogP contribution is -2.54. The number of nitrogens with one attached hydrogen (secondary N) is 1. The van der Waals surface area contributed by atoms with E-state index >= 15 is 0 Å². The summed E-state index contributed by atoms with van der Waals surface area (Å²) >= 11 is 1.43. The molecule has 0 saturated carbocycles. The van der Waals surface area contributed by atoms with Crippen LogP contribution in [0.15, 0.2) is 41.8 Å². The van der Waals surface area contributed by atoms with E-state index in [1.807, 2.05) is 41.8 Å². The fraction of sp³-hybridized carbons (Fsp3) is 0.333. The molecule has 1 aromatic heterocycles. The molecule has 1 aromatic carbocycles. The topological polar surface area (TPSA) is 49.4 Å². The normalized spacial score (nSPS) is 14.7. The van der Waals surface area contributed by atoms with Crippen molar-refractivity contribution in [3.8, 4) is 0 Å². The molecular formula is C18H20N2O2S. The van der Waals surface area contributed by atoms with Gasteiger partial charge in [0.1, 0.15) is 0 Å². The molecule has 1 N–H and O–H groups in total. The van der Waals surface area contributed by atoms with Gasteiger partial charge in [0, 0.05) is 18.8 Å². The molecule has 2 aromatic rings. The molecule has 0 aliphatic carbocycles. The number of likely N-dealkylation sites (tertiary alicyclic amines) is 1. The number of thiophene rings is 1. The van der Waals surface area contributed by atoms with Gasteiger partial charge >= 0.3 is 0 Å². The minimum atomic E-state index is -0.126. The molecule has 2 heterocycles. The first-order chi connectivity index (χ1) is 11.1. The Morgan fingerprint density at radius 2 is 1.91 bits per heavy atom. The predicted octanol–water partition coefficient (Wildman–Crippen LogP) is 3.58. The Balaban J connectivity index is 1.58. The summed E-state index contributed by atoms with van der Waals surface area (Å²) in [5.41, 5.74) is 2.00. The summed E-state index contributed by atoms with van der Waals surface area (Å²) in [7, 11) is 0. The van der Waals surface area contributed by atoms with E-state index < -0.39 is 0 Å². The number of para-hydroxylation sites is 1. The van der Waals surface area contributed by atoms with Crippen molar-refractivity contribution < 1.29 is 9.59 Å². The number of hydrogen-bond donors (Lipinski definition) is 1. The first-order valence-corrected chi connectivity index (χ1v) is 8.67. The average molecular weight is 328 g/mol. The van der Waals surface area contributed by atoms with Crippen LogP contribution >= 0.6 is 11.3 Å². The highest BCUT2D eigenvalue weighted by Gasteiger charge is 2.36. The number of hydrogen-bond acceptors (Lipinski definition) is 3. The predicted molar refractivity (Wildman–Crippen MR) is 92.9 cm³/mol. The van der Waals surface area contributed by atoms with Crippen LogP contribution in [0, 0.1) is 5.92 Å². The zero-order valence-electron chi connectivity index (χ0n) is 13.3. The molecule has 0 unspecified atom stereocenters. The molecule has 0 bridgehead atoms. The van der Waals surface area contributed by atoms with Gasteiger partial charge in [-0.3, -0.25) is 9.59 Å². The second-order valence-electron chi connectivity index (χ2n) is 6.12. The van der Waals surface area contributed by atoms with Gasteiger partial charge in [0.25, 0.3) is 5.91 Å². The van der Waals surface area contributed by atoms with E-state index in [2.05, 4.69) is 19.2 Å².